The molecule has 19 heavy (non-hydrogen) atoms. The van der Waals surface area contributed by atoms with E-state index in [0.29, 0.717) is 12.8 Å². The summed E-state index contributed by atoms with van der Waals surface area (Å²) in [6.07, 6.45) is 3.00. The van der Waals surface area contributed by atoms with Crippen LogP contribution < -0.4 is 5.32 Å². The first-order valence-corrected chi connectivity index (χ1v) is 6.75. The molecule has 4 nitrogen and oxygen atoms in total. The summed E-state index contributed by atoms with van der Waals surface area (Å²) in [5.74, 6) is 0.00921. The number of likely N-dealkylation sites (N-methyl/N-ethyl adjacent to an activating group) is 1. The van der Waals surface area contributed by atoms with Crippen LogP contribution in [0.25, 0.3) is 0 Å². The molecule has 1 heterocycles. The van der Waals surface area contributed by atoms with E-state index in [4.69, 9.17) is 0 Å². The summed E-state index contributed by atoms with van der Waals surface area (Å²) < 4.78 is 0. The molecule has 0 radical (unpaired) electrons. The zero-order valence-corrected chi connectivity index (χ0v) is 11.3. The number of hydrogen-bond donors (Lipinski definition) is 1. The van der Waals surface area contributed by atoms with Crippen LogP contribution in [0.4, 0.5) is 0 Å². The van der Waals surface area contributed by atoms with Crippen LogP contribution in [-0.4, -0.2) is 36.3 Å². The average Bonchev–Trinajstić information content (AvgIpc) is 2.85. The number of rotatable bonds is 5. The summed E-state index contributed by atoms with van der Waals surface area (Å²) in [6, 6.07) is 9.94. The van der Waals surface area contributed by atoms with Gasteiger partial charge in [0.05, 0.1) is 0 Å². The standard InChI is InChI=1S/C15H20N2O2/c1-17(15(19)13-9-10-14(18)16-13)11-5-8-12-6-3-2-4-7-12/h2-4,6-7,13H,5,8-11H2,1H3,(H,16,18). The van der Waals surface area contributed by atoms with Crippen molar-refractivity contribution >= 4 is 11.8 Å². The van der Waals surface area contributed by atoms with Crippen molar-refractivity contribution in [3.63, 3.8) is 0 Å². The Hall–Kier alpha value is -1.84. The van der Waals surface area contributed by atoms with E-state index < -0.39 is 0 Å². The predicted molar refractivity (Wildman–Crippen MR) is 73.6 cm³/mol. The van der Waals surface area contributed by atoms with Crippen LogP contribution in [0.2, 0.25) is 0 Å². The van der Waals surface area contributed by atoms with Crippen LogP contribution in [0.3, 0.4) is 0 Å². The van der Waals surface area contributed by atoms with Gasteiger partial charge >= 0.3 is 0 Å². The van der Waals surface area contributed by atoms with Gasteiger partial charge in [-0.1, -0.05) is 30.3 Å². The summed E-state index contributed by atoms with van der Waals surface area (Å²) in [7, 11) is 1.80. The van der Waals surface area contributed by atoms with Gasteiger partial charge in [-0.25, -0.2) is 0 Å². The first kappa shape index (κ1) is 13.6. The average molecular weight is 260 g/mol. The van der Waals surface area contributed by atoms with Crippen LogP contribution in [0.15, 0.2) is 30.3 Å². The largest absolute Gasteiger partial charge is 0.344 e. The van der Waals surface area contributed by atoms with Gasteiger partial charge in [-0.15, -0.1) is 0 Å². The maximum Gasteiger partial charge on any atom is 0.244 e. The van der Waals surface area contributed by atoms with E-state index in [9.17, 15) is 9.59 Å². The summed E-state index contributed by atoms with van der Waals surface area (Å²) in [6.45, 7) is 0.722. The van der Waals surface area contributed by atoms with Crippen molar-refractivity contribution in [3.05, 3.63) is 35.9 Å². The topological polar surface area (TPSA) is 49.4 Å². The molecule has 0 spiro atoms. The Morgan fingerprint density at radius 1 is 1.37 bits per heavy atom. The van der Waals surface area contributed by atoms with Crippen molar-refractivity contribution in [3.8, 4) is 0 Å². The van der Waals surface area contributed by atoms with Crippen molar-refractivity contribution in [2.45, 2.75) is 31.7 Å². The van der Waals surface area contributed by atoms with E-state index in [1.165, 1.54) is 5.56 Å². The maximum absolute atomic E-state index is 12.0. The summed E-state index contributed by atoms with van der Waals surface area (Å²) in [5, 5.41) is 2.71. The second kappa shape index (κ2) is 6.36. The van der Waals surface area contributed by atoms with Gasteiger partial charge in [-0.2, -0.15) is 0 Å². The fourth-order valence-electron chi connectivity index (χ4n) is 2.34. The number of aryl methyl sites for hydroxylation is 1. The zero-order chi connectivity index (χ0) is 13.7. The number of nitrogens with zero attached hydrogens (tertiary/aromatic N) is 1. The predicted octanol–water partition coefficient (Wildman–Crippen LogP) is 1.36. The Morgan fingerprint density at radius 2 is 2.11 bits per heavy atom. The van der Waals surface area contributed by atoms with Gasteiger partial charge in [-0.3, -0.25) is 9.59 Å². The molecule has 1 N–H and O–H groups in total. The lowest BCUT2D eigenvalue weighted by Gasteiger charge is -2.20. The molecule has 1 aromatic rings. The maximum atomic E-state index is 12.0. The third-order valence-corrected chi connectivity index (χ3v) is 3.47. The molecule has 1 aliphatic rings. The number of carbonyl (C=O) groups is 2. The van der Waals surface area contributed by atoms with Gasteiger partial charge in [0.25, 0.3) is 0 Å². The lowest BCUT2D eigenvalue weighted by Crippen LogP contribution is -2.43. The summed E-state index contributed by atoms with van der Waals surface area (Å²) >= 11 is 0. The Bertz CT molecular complexity index is 445. The molecular weight excluding hydrogens is 240 g/mol. The smallest absolute Gasteiger partial charge is 0.244 e. The molecular formula is C15H20N2O2. The van der Waals surface area contributed by atoms with Gasteiger partial charge in [0.2, 0.25) is 11.8 Å². The fraction of sp³-hybridized carbons (Fsp3) is 0.467. The molecule has 1 fully saturated rings. The van der Waals surface area contributed by atoms with E-state index >= 15 is 0 Å². The third kappa shape index (κ3) is 3.81. The molecule has 0 saturated carbocycles. The van der Waals surface area contributed by atoms with Crippen LogP contribution in [-0.2, 0) is 16.0 Å². The van der Waals surface area contributed by atoms with Crippen LogP contribution in [0.5, 0.6) is 0 Å². The molecule has 2 rings (SSSR count). The first-order valence-electron chi connectivity index (χ1n) is 6.75. The molecule has 0 bridgehead atoms. The molecule has 1 unspecified atom stereocenters. The van der Waals surface area contributed by atoms with Gasteiger partial charge in [-0.05, 0) is 24.8 Å². The minimum Gasteiger partial charge on any atom is -0.344 e. The number of hydrogen-bond acceptors (Lipinski definition) is 2. The van der Waals surface area contributed by atoms with Gasteiger partial charge in [0, 0.05) is 20.0 Å². The monoisotopic (exact) mass is 260 g/mol. The SMILES string of the molecule is CN(CCCc1ccccc1)C(=O)C1CCC(=O)N1. The van der Waals surface area contributed by atoms with E-state index in [-0.39, 0.29) is 17.9 Å². The molecule has 4 heteroatoms. The second-order valence-electron chi connectivity index (χ2n) is 5.01. The summed E-state index contributed by atoms with van der Waals surface area (Å²) in [5.41, 5.74) is 1.29. The van der Waals surface area contributed by atoms with Crippen LogP contribution in [0, 0.1) is 0 Å². The number of nitrogens with one attached hydrogen (secondary N) is 1. The number of carbonyl (C=O) groups excluding carboxylic acids is 2. The van der Waals surface area contributed by atoms with Crippen molar-refractivity contribution in [1.29, 1.82) is 0 Å². The number of amides is 2. The molecule has 1 aliphatic heterocycles. The molecule has 2 amide bonds. The molecule has 0 aromatic heterocycles. The Kier molecular flexibility index (Phi) is 4.55. The van der Waals surface area contributed by atoms with Crippen molar-refractivity contribution in [2.24, 2.45) is 0 Å². The second-order valence-corrected chi connectivity index (χ2v) is 5.01. The fourth-order valence-corrected chi connectivity index (χ4v) is 2.34. The zero-order valence-electron chi connectivity index (χ0n) is 11.3. The normalized spacial score (nSPS) is 18.2. The molecule has 1 atom stereocenters. The summed E-state index contributed by atoms with van der Waals surface area (Å²) in [4.78, 5) is 24.9. The number of benzene rings is 1. The molecule has 0 aliphatic carbocycles. The lowest BCUT2D eigenvalue weighted by molar-refractivity contribution is -0.133. The lowest BCUT2D eigenvalue weighted by atomic mass is 10.1. The Morgan fingerprint density at radius 3 is 2.74 bits per heavy atom. The highest BCUT2D eigenvalue weighted by molar-refractivity contribution is 5.90. The van der Waals surface area contributed by atoms with Crippen LogP contribution >= 0.6 is 0 Å². The molecule has 102 valence electrons. The quantitative estimate of drug-likeness (QED) is 0.869. The van der Waals surface area contributed by atoms with Gasteiger partial charge < -0.3 is 10.2 Å². The highest BCUT2D eigenvalue weighted by Gasteiger charge is 2.28. The first-order chi connectivity index (χ1) is 9.16. The Labute approximate surface area is 113 Å². The third-order valence-electron chi connectivity index (χ3n) is 3.47. The van der Waals surface area contributed by atoms with Gasteiger partial charge in [0.1, 0.15) is 6.04 Å². The Balaban J connectivity index is 1.73. The van der Waals surface area contributed by atoms with E-state index in [2.05, 4.69) is 17.4 Å². The van der Waals surface area contributed by atoms with Crippen LogP contribution in [0.1, 0.15) is 24.8 Å². The van der Waals surface area contributed by atoms with Crippen molar-refractivity contribution in [2.75, 3.05) is 13.6 Å². The minimum atomic E-state index is -0.311. The minimum absolute atomic E-state index is 0.0176. The van der Waals surface area contributed by atoms with Gasteiger partial charge in [0.15, 0.2) is 0 Å². The van der Waals surface area contributed by atoms with Crippen molar-refractivity contribution in [1.82, 2.24) is 10.2 Å². The van der Waals surface area contributed by atoms with Crippen molar-refractivity contribution < 1.29 is 9.59 Å². The highest BCUT2D eigenvalue weighted by Crippen LogP contribution is 2.10. The molecule has 1 saturated heterocycles. The molecule has 1 aromatic carbocycles. The van der Waals surface area contributed by atoms with E-state index in [1.807, 2.05) is 18.2 Å². The van der Waals surface area contributed by atoms with E-state index in [1.54, 1.807) is 11.9 Å². The van der Waals surface area contributed by atoms with E-state index in [0.717, 1.165) is 19.4 Å². The highest BCUT2D eigenvalue weighted by atomic mass is 16.2.